The Morgan fingerprint density at radius 2 is 1.77 bits per heavy atom. The zero-order chi connectivity index (χ0) is 21.1. The van der Waals surface area contributed by atoms with E-state index in [4.69, 9.17) is 0 Å². The predicted octanol–water partition coefficient (Wildman–Crippen LogP) is 4.53. The third-order valence-corrected chi connectivity index (χ3v) is 8.58. The van der Waals surface area contributed by atoms with Crippen molar-refractivity contribution in [3.63, 3.8) is 0 Å². The predicted molar refractivity (Wildman–Crippen MR) is 118 cm³/mol. The van der Waals surface area contributed by atoms with Crippen LogP contribution in [-0.2, 0) is 15.0 Å². The number of carbonyl (C=O) groups excluding carboxylic acids is 2. The van der Waals surface area contributed by atoms with Crippen molar-refractivity contribution >= 4 is 11.8 Å². The lowest BCUT2D eigenvalue weighted by atomic mass is 9.55. The van der Waals surface area contributed by atoms with Crippen LogP contribution in [0.25, 0.3) is 0 Å². The molecule has 1 aromatic carbocycles. The van der Waals surface area contributed by atoms with Crippen LogP contribution in [0.15, 0.2) is 24.3 Å². The summed E-state index contributed by atoms with van der Waals surface area (Å²) in [4.78, 5) is 26.6. The van der Waals surface area contributed by atoms with Crippen LogP contribution in [0.1, 0.15) is 89.2 Å². The van der Waals surface area contributed by atoms with Crippen molar-refractivity contribution in [3.05, 3.63) is 35.4 Å². The number of amides is 2. The molecular weight excluding hydrogens is 372 g/mol. The number of nitrogens with zero attached hydrogens (tertiary/aromatic N) is 1. The minimum Gasteiger partial charge on any atom is -0.351 e. The molecule has 1 N–H and O–H groups in total. The smallest absolute Gasteiger partial charge is 0.225 e. The van der Waals surface area contributed by atoms with Gasteiger partial charge in [-0.3, -0.25) is 9.59 Å². The molecule has 0 atom stereocenters. The van der Waals surface area contributed by atoms with E-state index >= 15 is 0 Å². The number of hydrogen-bond acceptors (Lipinski definition) is 2. The summed E-state index contributed by atoms with van der Waals surface area (Å²) in [5, 5.41) is 3.11. The number of piperidine rings is 1. The van der Waals surface area contributed by atoms with Gasteiger partial charge in [0.15, 0.2) is 0 Å². The Hall–Kier alpha value is -1.84. The van der Waals surface area contributed by atoms with Gasteiger partial charge in [-0.2, -0.15) is 0 Å². The van der Waals surface area contributed by atoms with Gasteiger partial charge >= 0.3 is 0 Å². The summed E-state index contributed by atoms with van der Waals surface area (Å²) < 4.78 is 0. The highest BCUT2D eigenvalue weighted by atomic mass is 16.2. The van der Waals surface area contributed by atoms with E-state index in [0.717, 1.165) is 45.2 Å². The molecule has 0 unspecified atom stereocenters. The second-order valence-corrected chi connectivity index (χ2v) is 11.7. The zero-order valence-electron chi connectivity index (χ0n) is 18.8. The van der Waals surface area contributed by atoms with Crippen molar-refractivity contribution in [2.24, 2.45) is 11.3 Å². The first kappa shape index (κ1) is 20.1. The summed E-state index contributed by atoms with van der Waals surface area (Å²) in [5.41, 5.74) is 3.55. The highest BCUT2D eigenvalue weighted by Crippen LogP contribution is 2.57. The van der Waals surface area contributed by atoms with Gasteiger partial charge < -0.3 is 10.2 Å². The first-order chi connectivity index (χ1) is 14.2. The van der Waals surface area contributed by atoms with Gasteiger partial charge in [-0.1, -0.05) is 45.0 Å². The van der Waals surface area contributed by atoms with E-state index < -0.39 is 0 Å². The van der Waals surface area contributed by atoms with E-state index in [9.17, 15) is 9.59 Å². The Morgan fingerprint density at radius 3 is 2.37 bits per heavy atom. The molecule has 1 aromatic rings. The fraction of sp³-hybridized carbons (Fsp3) is 0.692. The fourth-order valence-corrected chi connectivity index (χ4v) is 6.49. The van der Waals surface area contributed by atoms with Crippen molar-refractivity contribution < 1.29 is 9.59 Å². The first-order valence-electron chi connectivity index (χ1n) is 11.9. The van der Waals surface area contributed by atoms with Crippen molar-refractivity contribution in [3.8, 4) is 0 Å². The summed E-state index contributed by atoms with van der Waals surface area (Å²) in [6, 6.07) is 9.20. The topological polar surface area (TPSA) is 49.4 Å². The molecule has 2 heterocycles. The molecule has 4 nitrogen and oxygen atoms in total. The Balaban J connectivity index is 1.12. The van der Waals surface area contributed by atoms with E-state index in [1.165, 1.54) is 24.0 Å². The van der Waals surface area contributed by atoms with Crippen molar-refractivity contribution in [1.82, 2.24) is 10.2 Å². The average molecular weight is 409 g/mol. The molecular formula is C26H36N2O2. The van der Waals surface area contributed by atoms with Gasteiger partial charge in [0, 0.05) is 31.0 Å². The normalized spacial score (nSPS) is 27.6. The van der Waals surface area contributed by atoms with E-state index in [-0.39, 0.29) is 22.8 Å². The third-order valence-electron chi connectivity index (χ3n) is 8.58. The first-order valence-corrected chi connectivity index (χ1v) is 11.9. The van der Waals surface area contributed by atoms with E-state index in [0.29, 0.717) is 23.7 Å². The molecule has 30 heavy (non-hydrogen) atoms. The summed E-state index contributed by atoms with van der Waals surface area (Å²) in [6.07, 6.45) is 8.12. The largest absolute Gasteiger partial charge is 0.351 e. The van der Waals surface area contributed by atoms with E-state index in [1.54, 1.807) is 0 Å². The molecule has 2 saturated heterocycles. The van der Waals surface area contributed by atoms with Crippen LogP contribution in [0.5, 0.6) is 0 Å². The standard InChI is InChI=1S/C26H36N2O2/c1-24(2,3)21-6-4-5-18(13-21)19-14-25(15-19)9-11-28(12-10-25)23(30)20-16-26(17-20)8-7-22(29)27-26/h4-6,13,19-20H,7-12,14-17H2,1-3H3,(H,27,29)/t20-,26+. The van der Waals surface area contributed by atoms with Crippen molar-refractivity contribution in [1.29, 1.82) is 0 Å². The number of hydrogen-bond donors (Lipinski definition) is 1. The Labute approximate surface area is 180 Å². The molecule has 0 radical (unpaired) electrons. The summed E-state index contributed by atoms with van der Waals surface area (Å²) >= 11 is 0. The lowest BCUT2D eigenvalue weighted by Gasteiger charge is -2.54. The van der Waals surface area contributed by atoms with E-state index in [2.05, 4.69) is 55.3 Å². The van der Waals surface area contributed by atoms with Crippen LogP contribution in [0.4, 0.5) is 0 Å². The van der Waals surface area contributed by atoms with Gasteiger partial charge in [-0.15, -0.1) is 0 Å². The quantitative estimate of drug-likeness (QED) is 0.782. The van der Waals surface area contributed by atoms with Crippen molar-refractivity contribution in [2.45, 2.75) is 89.0 Å². The molecule has 2 saturated carbocycles. The zero-order valence-corrected chi connectivity index (χ0v) is 18.8. The van der Waals surface area contributed by atoms with E-state index in [1.807, 2.05) is 0 Å². The maximum Gasteiger partial charge on any atom is 0.225 e. The molecule has 4 heteroatoms. The Bertz CT molecular complexity index is 846. The summed E-state index contributed by atoms with van der Waals surface area (Å²) in [6.45, 7) is 8.69. The molecule has 2 aliphatic heterocycles. The molecule has 0 bridgehead atoms. The van der Waals surface area contributed by atoms with Gasteiger partial charge in [0.05, 0.1) is 0 Å². The Morgan fingerprint density at radius 1 is 1.07 bits per heavy atom. The highest BCUT2D eigenvalue weighted by Gasteiger charge is 2.53. The second kappa shape index (κ2) is 6.83. The summed E-state index contributed by atoms with van der Waals surface area (Å²) in [5.74, 6) is 1.32. The Kier molecular flexibility index (Phi) is 4.57. The molecule has 162 valence electrons. The number of carbonyl (C=O) groups is 2. The maximum absolute atomic E-state index is 12.9. The average Bonchev–Trinajstić information content (AvgIpc) is 3.06. The monoisotopic (exact) mass is 408 g/mol. The molecule has 2 spiro atoms. The SMILES string of the molecule is CC(C)(C)c1cccc(C2CC3(CCN(C(=O)[C@H]4C[C@]5(CCC(=O)N5)C4)CC3)C2)c1. The summed E-state index contributed by atoms with van der Waals surface area (Å²) in [7, 11) is 0. The lowest BCUT2D eigenvalue weighted by Crippen LogP contribution is -2.58. The lowest BCUT2D eigenvalue weighted by molar-refractivity contribution is -0.145. The van der Waals surface area contributed by atoms with Crippen LogP contribution in [0, 0.1) is 11.3 Å². The van der Waals surface area contributed by atoms with Gasteiger partial charge in [0.25, 0.3) is 0 Å². The van der Waals surface area contributed by atoms with Gasteiger partial charge in [0.1, 0.15) is 0 Å². The van der Waals surface area contributed by atoms with Crippen LogP contribution in [0.3, 0.4) is 0 Å². The molecule has 4 fully saturated rings. The molecule has 2 aliphatic carbocycles. The van der Waals surface area contributed by atoms with Crippen LogP contribution < -0.4 is 5.32 Å². The fourth-order valence-electron chi connectivity index (χ4n) is 6.49. The molecule has 0 aromatic heterocycles. The number of nitrogens with one attached hydrogen (secondary N) is 1. The van der Waals surface area contributed by atoms with Gasteiger partial charge in [0.2, 0.25) is 11.8 Å². The van der Waals surface area contributed by atoms with Crippen LogP contribution in [0.2, 0.25) is 0 Å². The van der Waals surface area contributed by atoms with Crippen LogP contribution in [-0.4, -0.2) is 35.3 Å². The van der Waals surface area contributed by atoms with Gasteiger partial charge in [-0.05, 0) is 72.8 Å². The second-order valence-electron chi connectivity index (χ2n) is 11.7. The number of likely N-dealkylation sites (tertiary alicyclic amines) is 1. The number of benzene rings is 1. The highest BCUT2D eigenvalue weighted by molar-refractivity contribution is 5.83. The van der Waals surface area contributed by atoms with Gasteiger partial charge in [-0.25, -0.2) is 0 Å². The maximum atomic E-state index is 12.9. The number of rotatable bonds is 2. The molecule has 4 aliphatic rings. The third kappa shape index (κ3) is 3.46. The molecule has 2 amide bonds. The minimum absolute atomic E-state index is 0.0444. The minimum atomic E-state index is -0.0444. The molecule has 5 rings (SSSR count). The van der Waals surface area contributed by atoms with Crippen molar-refractivity contribution in [2.75, 3.05) is 13.1 Å². The van der Waals surface area contributed by atoms with Crippen LogP contribution >= 0.6 is 0 Å².